The van der Waals surface area contributed by atoms with E-state index in [1.165, 1.54) is 6.92 Å². The van der Waals surface area contributed by atoms with E-state index in [2.05, 4.69) is 24.5 Å². The molecule has 0 bridgehead atoms. The Balaban J connectivity index is 2.71. The molecule has 4 heteroatoms. The predicted molar refractivity (Wildman–Crippen MR) is 77.6 cm³/mol. The van der Waals surface area contributed by atoms with E-state index in [1.807, 2.05) is 25.1 Å². The number of para-hydroxylation sites is 1. The number of carbonyl (C=O) groups excluding carboxylic acids is 2. The van der Waals surface area contributed by atoms with Crippen LogP contribution in [0, 0.1) is 6.92 Å². The Kier molecular flexibility index (Phi) is 5.55. The van der Waals surface area contributed by atoms with Crippen molar-refractivity contribution in [2.24, 2.45) is 0 Å². The molecule has 0 heterocycles. The molecule has 1 aromatic carbocycles. The van der Waals surface area contributed by atoms with Gasteiger partial charge in [0.25, 0.3) is 0 Å². The fourth-order valence-corrected chi connectivity index (χ4v) is 1.85. The van der Waals surface area contributed by atoms with E-state index in [0.717, 1.165) is 16.8 Å². The van der Waals surface area contributed by atoms with E-state index in [9.17, 15) is 9.59 Å². The minimum atomic E-state index is -0.266. The summed E-state index contributed by atoms with van der Waals surface area (Å²) < 4.78 is 0. The number of Topliss-reactive ketones (excluding diaryl/α,β-unsaturated/α-hetero) is 1. The van der Waals surface area contributed by atoms with Gasteiger partial charge in [0.1, 0.15) is 5.78 Å². The molecular weight excluding hydrogens is 240 g/mol. The van der Waals surface area contributed by atoms with Crippen LogP contribution >= 0.6 is 0 Å². The van der Waals surface area contributed by atoms with E-state index in [-0.39, 0.29) is 11.8 Å². The maximum atomic E-state index is 11.8. The molecule has 0 aromatic heterocycles. The highest BCUT2D eigenvalue weighted by Crippen LogP contribution is 2.27. The van der Waals surface area contributed by atoms with Crippen molar-refractivity contribution < 1.29 is 9.59 Å². The molecule has 2 amide bonds. The molecule has 0 saturated carbocycles. The van der Waals surface area contributed by atoms with E-state index in [0.29, 0.717) is 18.9 Å². The zero-order valence-corrected chi connectivity index (χ0v) is 12.0. The third-order valence-corrected chi connectivity index (χ3v) is 2.93. The molecule has 1 aromatic rings. The molecule has 0 fully saturated rings. The van der Waals surface area contributed by atoms with Gasteiger partial charge in [0, 0.05) is 18.7 Å². The largest absolute Gasteiger partial charge is 0.337 e. The van der Waals surface area contributed by atoms with Crippen molar-refractivity contribution in [2.45, 2.75) is 40.0 Å². The van der Waals surface area contributed by atoms with Crippen molar-refractivity contribution in [1.82, 2.24) is 5.32 Å². The van der Waals surface area contributed by atoms with Gasteiger partial charge >= 0.3 is 6.03 Å². The number of urea groups is 1. The zero-order valence-electron chi connectivity index (χ0n) is 12.0. The Morgan fingerprint density at radius 1 is 1.26 bits per heavy atom. The Morgan fingerprint density at radius 3 is 2.53 bits per heavy atom. The second kappa shape index (κ2) is 6.92. The van der Waals surface area contributed by atoms with Crippen molar-refractivity contribution in [3.05, 3.63) is 29.3 Å². The molecule has 0 aliphatic heterocycles. The number of benzene rings is 1. The summed E-state index contributed by atoms with van der Waals surface area (Å²) in [5.41, 5.74) is 3.01. The summed E-state index contributed by atoms with van der Waals surface area (Å²) in [4.78, 5) is 22.6. The summed E-state index contributed by atoms with van der Waals surface area (Å²) >= 11 is 0. The van der Waals surface area contributed by atoms with E-state index in [4.69, 9.17) is 0 Å². The number of anilines is 1. The molecular formula is C15H22N2O2. The van der Waals surface area contributed by atoms with Crippen LogP contribution in [-0.2, 0) is 4.79 Å². The number of amides is 2. The molecule has 19 heavy (non-hydrogen) atoms. The molecule has 0 atom stereocenters. The standard InChI is InChI=1S/C15H22N2O2/c1-10(2)13-7-5-6-11(3)14(13)17-15(19)16-9-8-12(4)18/h5-7,10H,8-9H2,1-4H3,(H2,16,17,19). The van der Waals surface area contributed by atoms with Gasteiger partial charge in [-0.05, 0) is 30.9 Å². The summed E-state index contributed by atoms with van der Waals surface area (Å²) in [6, 6.07) is 5.71. The van der Waals surface area contributed by atoms with Crippen LogP contribution in [0.5, 0.6) is 0 Å². The Labute approximate surface area is 114 Å². The summed E-state index contributed by atoms with van der Waals surface area (Å²) in [7, 11) is 0. The fourth-order valence-electron chi connectivity index (χ4n) is 1.85. The number of hydrogen-bond donors (Lipinski definition) is 2. The Morgan fingerprint density at radius 2 is 1.95 bits per heavy atom. The van der Waals surface area contributed by atoms with Crippen LogP contribution in [-0.4, -0.2) is 18.4 Å². The normalized spacial score (nSPS) is 10.4. The lowest BCUT2D eigenvalue weighted by Crippen LogP contribution is -2.31. The highest BCUT2D eigenvalue weighted by atomic mass is 16.2. The van der Waals surface area contributed by atoms with E-state index < -0.39 is 0 Å². The van der Waals surface area contributed by atoms with Gasteiger partial charge in [0.15, 0.2) is 0 Å². The maximum absolute atomic E-state index is 11.8. The number of aryl methyl sites for hydroxylation is 1. The first-order valence-corrected chi connectivity index (χ1v) is 6.55. The number of hydrogen-bond acceptors (Lipinski definition) is 2. The van der Waals surface area contributed by atoms with Crippen molar-refractivity contribution in [1.29, 1.82) is 0 Å². The third-order valence-electron chi connectivity index (χ3n) is 2.93. The van der Waals surface area contributed by atoms with Crippen molar-refractivity contribution in [3.63, 3.8) is 0 Å². The first-order chi connectivity index (χ1) is 8.91. The average molecular weight is 262 g/mol. The molecule has 104 valence electrons. The molecule has 0 aliphatic rings. The van der Waals surface area contributed by atoms with Crippen LogP contribution in [0.15, 0.2) is 18.2 Å². The number of rotatable bonds is 5. The van der Waals surface area contributed by atoms with Crippen molar-refractivity contribution in [2.75, 3.05) is 11.9 Å². The highest BCUT2D eigenvalue weighted by Gasteiger charge is 2.11. The Hall–Kier alpha value is -1.84. The smallest absolute Gasteiger partial charge is 0.319 e. The van der Waals surface area contributed by atoms with Gasteiger partial charge in [0.2, 0.25) is 0 Å². The SMILES string of the molecule is CC(=O)CCNC(=O)Nc1c(C)cccc1C(C)C. The quantitative estimate of drug-likeness (QED) is 0.856. The minimum Gasteiger partial charge on any atom is -0.337 e. The minimum absolute atomic E-state index is 0.0686. The van der Waals surface area contributed by atoms with Gasteiger partial charge in [0.05, 0.1) is 0 Å². The van der Waals surface area contributed by atoms with Gasteiger partial charge in [-0.1, -0.05) is 32.0 Å². The van der Waals surface area contributed by atoms with Crippen LogP contribution in [0.25, 0.3) is 0 Å². The van der Waals surface area contributed by atoms with Crippen molar-refractivity contribution >= 4 is 17.5 Å². The first-order valence-electron chi connectivity index (χ1n) is 6.55. The predicted octanol–water partition coefficient (Wildman–Crippen LogP) is 3.22. The fraction of sp³-hybridized carbons (Fsp3) is 0.467. The first kappa shape index (κ1) is 15.2. The number of carbonyl (C=O) groups is 2. The zero-order chi connectivity index (χ0) is 14.4. The average Bonchev–Trinajstić information content (AvgIpc) is 2.30. The number of ketones is 1. The maximum Gasteiger partial charge on any atom is 0.319 e. The lowest BCUT2D eigenvalue weighted by Gasteiger charge is -2.16. The van der Waals surface area contributed by atoms with Gasteiger partial charge in [-0.15, -0.1) is 0 Å². The number of nitrogens with one attached hydrogen (secondary N) is 2. The van der Waals surface area contributed by atoms with Crippen LogP contribution < -0.4 is 10.6 Å². The lowest BCUT2D eigenvalue weighted by molar-refractivity contribution is -0.116. The lowest BCUT2D eigenvalue weighted by atomic mass is 9.98. The molecule has 0 unspecified atom stereocenters. The summed E-state index contributed by atoms with van der Waals surface area (Å²) in [6.07, 6.45) is 0.359. The van der Waals surface area contributed by atoms with Crippen LogP contribution in [0.3, 0.4) is 0 Å². The van der Waals surface area contributed by atoms with Crippen LogP contribution in [0.2, 0.25) is 0 Å². The highest BCUT2D eigenvalue weighted by molar-refractivity contribution is 5.91. The summed E-state index contributed by atoms with van der Waals surface area (Å²) in [5.74, 6) is 0.409. The summed E-state index contributed by atoms with van der Waals surface area (Å²) in [5, 5.41) is 5.56. The topological polar surface area (TPSA) is 58.2 Å². The van der Waals surface area contributed by atoms with Crippen LogP contribution in [0.4, 0.5) is 10.5 Å². The van der Waals surface area contributed by atoms with Gasteiger partial charge in [-0.25, -0.2) is 4.79 Å². The van der Waals surface area contributed by atoms with Crippen LogP contribution in [0.1, 0.15) is 44.2 Å². The second-order valence-electron chi connectivity index (χ2n) is 5.03. The third kappa shape index (κ3) is 4.73. The van der Waals surface area contributed by atoms with E-state index >= 15 is 0 Å². The summed E-state index contributed by atoms with van der Waals surface area (Å²) in [6.45, 7) is 8.03. The molecule has 0 aliphatic carbocycles. The molecule has 2 N–H and O–H groups in total. The van der Waals surface area contributed by atoms with Gasteiger partial charge < -0.3 is 10.6 Å². The monoisotopic (exact) mass is 262 g/mol. The van der Waals surface area contributed by atoms with E-state index in [1.54, 1.807) is 0 Å². The molecule has 0 radical (unpaired) electrons. The molecule has 0 spiro atoms. The van der Waals surface area contributed by atoms with Gasteiger partial charge in [-0.3, -0.25) is 4.79 Å². The van der Waals surface area contributed by atoms with Crippen molar-refractivity contribution in [3.8, 4) is 0 Å². The molecule has 1 rings (SSSR count). The van der Waals surface area contributed by atoms with Gasteiger partial charge in [-0.2, -0.15) is 0 Å². The second-order valence-corrected chi connectivity index (χ2v) is 5.03. The molecule has 0 saturated heterocycles. The Bertz CT molecular complexity index is 467. The molecule has 4 nitrogen and oxygen atoms in total.